The number of para-hydroxylation sites is 1. The van der Waals surface area contributed by atoms with Crippen molar-refractivity contribution in [2.75, 3.05) is 19.0 Å². The normalized spacial score (nSPS) is 25.4. The summed E-state index contributed by atoms with van der Waals surface area (Å²) in [7, 11) is 4.13. The molecule has 2 heteroatoms. The number of aliphatic hydroxyl groups excluding tert-OH is 1. The van der Waals surface area contributed by atoms with E-state index in [0.29, 0.717) is 5.92 Å². The Morgan fingerprint density at radius 1 is 1.12 bits per heavy atom. The molecule has 1 fully saturated rings. The highest BCUT2D eigenvalue weighted by molar-refractivity contribution is 5.54. The van der Waals surface area contributed by atoms with E-state index >= 15 is 0 Å². The second-order valence-electron chi connectivity index (χ2n) is 4.91. The molecule has 1 aromatic rings. The smallest absolute Gasteiger partial charge is 0.0609 e. The number of anilines is 1. The lowest BCUT2D eigenvalue weighted by Crippen LogP contribution is -2.24. The molecule has 0 heterocycles. The van der Waals surface area contributed by atoms with E-state index in [2.05, 4.69) is 43.3 Å². The number of hydrogen-bond donors (Lipinski definition) is 1. The molecule has 1 aromatic carbocycles. The fraction of sp³-hybridized carbons (Fsp3) is 0.571. The van der Waals surface area contributed by atoms with Crippen molar-refractivity contribution >= 4 is 5.69 Å². The van der Waals surface area contributed by atoms with Gasteiger partial charge in [0.2, 0.25) is 0 Å². The molecule has 0 saturated heterocycles. The summed E-state index contributed by atoms with van der Waals surface area (Å²) >= 11 is 0. The van der Waals surface area contributed by atoms with Crippen molar-refractivity contribution in [3.63, 3.8) is 0 Å². The molecule has 1 saturated carbocycles. The summed E-state index contributed by atoms with van der Waals surface area (Å²) in [6, 6.07) is 8.43. The summed E-state index contributed by atoms with van der Waals surface area (Å²) in [5, 5.41) is 10.1. The van der Waals surface area contributed by atoms with Crippen molar-refractivity contribution < 1.29 is 5.11 Å². The molecule has 0 aromatic heterocycles. The van der Waals surface area contributed by atoms with Crippen LogP contribution in [0.4, 0.5) is 5.69 Å². The minimum absolute atomic E-state index is 0.158. The van der Waals surface area contributed by atoms with Crippen molar-refractivity contribution in [1.29, 1.82) is 0 Å². The lowest BCUT2D eigenvalue weighted by molar-refractivity contribution is 0.106. The number of aliphatic hydroxyl groups is 1. The first-order valence-corrected chi connectivity index (χ1v) is 6.14. The Labute approximate surface area is 97.9 Å². The van der Waals surface area contributed by atoms with E-state index < -0.39 is 0 Å². The Hall–Kier alpha value is -1.02. The lowest BCUT2D eigenvalue weighted by atomic mass is 9.81. The van der Waals surface area contributed by atoms with Crippen LogP contribution in [0.2, 0.25) is 0 Å². The average Bonchev–Trinajstić information content (AvgIpc) is 2.29. The largest absolute Gasteiger partial charge is 0.392 e. The van der Waals surface area contributed by atoms with Crippen LogP contribution in [0.5, 0.6) is 0 Å². The van der Waals surface area contributed by atoms with Crippen LogP contribution in [-0.2, 0) is 0 Å². The Morgan fingerprint density at radius 2 is 1.81 bits per heavy atom. The highest BCUT2D eigenvalue weighted by atomic mass is 16.3. The lowest BCUT2D eigenvalue weighted by Gasteiger charge is -2.31. The number of benzene rings is 1. The van der Waals surface area contributed by atoms with Crippen LogP contribution >= 0.6 is 0 Å². The third kappa shape index (κ3) is 2.22. The second-order valence-corrected chi connectivity index (χ2v) is 4.91. The molecule has 2 rings (SSSR count). The van der Waals surface area contributed by atoms with Crippen LogP contribution in [0.1, 0.15) is 37.2 Å². The summed E-state index contributed by atoms with van der Waals surface area (Å²) in [6.07, 6.45) is 4.32. The Bertz CT molecular complexity index is 348. The zero-order valence-electron chi connectivity index (χ0n) is 10.2. The van der Waals surface area contributed by atoms with Gasteiger partial charge in [-0.05, 0) is 24.5 Å². The van der Waals surface area contributed by atoms with Gasteiger partial charge in [0.1, 0.15) is 0 Å². The summed E-state index contributed by atoms with van der Waals surface area (Å²) in [5.41, 5.74) is 2.55. The second kappa shape index (κ2) is 4.88. The van der Waals surface area contributed by atoms with Gasteiger partial charge in [-0.1, -0.05) is 31.0 Å². The van der Waals surface area contributed by atoms with E-state index in [1.54, 1.807) is 0 Å². The summed E-state index contributed by atoms with van der Waals surface area (Å²) < 4.78 is 0. The molecular formula is C14H21NO. The molecule has 88 valence electrons. The van der Waals surface area contributed by atoms with Crippen LogP contribution in [0.3, 0.4) is 0 Å². The van der Waals surface area contributed by atoms with Gasteiger partial charge < -0.3 is 10.0 Å². The molecule has 1 aliphatic rings. The topological polar surface area (TPSA) is 23.5 Å². The van der Waals surface area contributed by atoms with Crippen LogP contribution in [-0.4, -0.2) is 25.3 Å². The molecule has 0 radical (unpaired) electrons. The molecule has 1 aliphatic carbocycles. The SMILES string of the molecule is CN(C)c1ccccc1[C@H]1CCCC[C@@H]1O. The first kappa shape index (κ1) is 11.5. The van der Waals surface area contributed by atoms with E-state index in [1.807, 2.05) is 0 Å². The molecule has 2 nitrogen and oxygen atoms in total. The maximum atomic E-state index is 10.1. The van der Waals surface area contributed by atoms with Gasteiger partial charge in [0.25, 0.3) is 0 Å². The molecule has 0 amide bonds. The van der Waals surface area contributed by atoms with Gasteiger partial charge in [-0.25, -0.2) is 0 Å². The summed E-state index contributed by atoms with van der Waals surface area (Å²) in [4.78, 5) is 2.14. The van der Waals surface area contributed by atoms with Crippen molar-refractivity contribution in [3.8, 4) is 0 Å². The molecule has 0 aliphatic heterocycles. The fourth-order valence-corrected chi connectivity index (χ4v) is 2.68. The number of rotatable bonds is 2. The van der Waals surface area contributed by atoms with E-state index in [9.17, 15) is 5.11 Å². The van der Waals surface area contributed by atoms with Crippen LogP contribution in [0.15, 0.2) is 24.3 Å². The van der Waals surface area contributed by atoms with Gasteiger partial charge in [0.05, 0.1) is 6.10 Å². The van der Waals surface area contributed by atoms with Gasteiger partial charge >= 0.3 is 0 Å². The van der Waals surface area contributed by atoms with Crippen molar-refractivity contribution in [2.24, 2.45) is 0 Å². The fourth-order valence-electron chi connectivity index (χ4n) is 2.68. The molecule has 0 unspecified atom stereocenters. The molecule has 0 spiro atoms. The number of nitrogens with zero attached hydrogens (tertiary/aromatic N) is 1. The van der Waals surface area contributed by atoms with E-state index in [0.717, 1.165) is 12.8 Å². The molecular weight excluding hydrogens is 198 g/mol. The maximum Gasteiger partial charge on any atom is 0.0609 e. The van der Waals surface area contributed by atoms with E-state index in [4.69, 9.17) is 0 Å². The van der Waals surface area contributed by atoms with Crippen LogP contribution < -0.4 is 4.90 Å². The van der Waals surface area contributed by atoms with E-state index in [1.165, 1.54) is 24.1 Å². The van der Waals surface area contributed by atoms with Crippen molar-refractivity contribution in [3.05, 3.63) is 29.8 Å². The third-order valence-electron chi connectivity index (χ3n) is 3.55. The van der Waals surface area contributed by atoms with Gasteiger partial charge in [0.15, 0.2) is 0 Å². The minimum atomic E-state index is -0.158. The summed E-state index contributed by atoms with van der Waals surface area (Å²) in [6.45, 7) is 0. The van der Waals surface area contributed by atoms with Crippen molar-refractivity contribution in [2.45, 2.75) is 37.7 Å². The quantitative estimate of drug-likeness (QED) is 0.826. The predicted molar refractivity (Wildman–Crippen MR) is 68.0 cm³/mol. The maximum absolute atomic E-state index is 10.1. The van der Waals surface area contributed by atoms with Gasteiger partial charge in [-0.3, -0.25) is 0 Å². The Kier molecular flexibility index (Phi) is 3.49. The van der Waals surface area contributed by atoms with Gasteiger partial charge in [-0.15, -0.1) is 0 Å². The van der Waals surface area contributed by atoms with Gasteiger partial charge in [0, 0.05) is 25.7 Å². The predicted octanol–water partition coefficient (Wildman–Crippen LogP) is 2.77. The standard InChI is InChI=1S/C14H21NO/c1-15(2)13-9-5-3-7-11(13)12-8-4-6-10-14(12)16/h3,5,7,9,12,14,16H,4,6,8,10H2,1-2H3/t12-,14+/m1/s1. The highest BCUT2D eigenvalue weighted by Gasteiger charge is 2.26. The Balaban J connectivity index is 2.31. The van der Waals surface area contributed by atoms with Gasteiger partial charge in [-0.2, -0.15) is 0 Å². The first-order chi connectivity index (χ1) is 7.70. The van der Waals surface area contributed by atoms with Crippen LogP contribution in [0.25, 0.3) is 0 Å². The molecule has 2 atom stereocenters. The summed E-state index contributed by atoms with van der Waals surface area (Å²) in [5.74, 6) is 0.326. The minimum Gasteiger partial charge on any atom is -0.392 e. The molecule has 0 bridgehead atoms. The molecule has 1 N–H and O–H groups in total. The monoisotopic (exact) mass is 219 g/mol. The van der Waals surface area contributed by atoms with E-state index in [-0.39, 0.29) is 6.10 Å². The molecule has 16 heavy (non-hydrogen) atoms. The Morgan fingerprint density at radius 3 is 2.50 bits per heavy atom. The first-order valence-electron chi connectivity index (χ1n) is 6.14. The highest BCUT2D eigenvalue weighted by Crippen LogP contribution is 2.37. The zero-order chi connectivity index (χ0) is 11.5. The third-order valence-corrected chi connectivity index (χ3v) is 3.55. The zero-order valence-corrected chi connectivity index (χ0v) is 10.2. The number of hydrogen-bond acceptors (Lipinski definition) is 2. The average molecular weight is 219 g/mol. The van der Waals surface area contributed by atoms with Crippen molar-refractivity contribution in [1.82, 2.24) is 0 Å². The van der Waals surface area contributed by atoms with Crippen LogP contribution in [0, 0.1) is 0 Å².